The molecule has 104 valence electrons. The van der Waals surface area contributed by atoms with Crippen molar-refractivity contribution in [1.29, 1.82) is 0 Å². The summed E-state index contributed by atoms with van der Waals surface area (Å²) in [5, 5.41) is 2.98. The minimum absolute atomic E-state index is 0.0395. The summed E-state index contributed by atoms with van der Waals surface area (Å²) in [6.45, 7) is 5.07. The molecule has 0 aromatic heterocycles. The maximum Gasteiger partial charge on any atom is 0.246 e. The monoisotopic (exact) mass is 254 g/mol. The normalized spacial score (nSPS) is 20.6. The molecule has 18 heavy (non-hydrogen) atoms. The fraction of sp³-hybridized carbons (Fsp3) is 0.857. The van der Waals surface area contributed by atoms with Crippen molar-refractivity contribution >= 4 is 11.8 Å². The number of unbranched alkanes of at least 4 members (excludes halogenated alkanes) is 5. The zero-order valence-corrected chi connectivity index (χ0v) is 11.7. The largest absolute Gasteiger partial charge is 0.297 e. The highest BCUT2D eigenvalue weighted by Crippen LogP contribution is 2.10. The Kier molecular flexibility index (Phi) is 6.94. The smallest absolute Gasteiger partial charge is 0.246 e. The number of hydrogen-bond donors (Lipinski definition) is 1. The average molecular weight is 254 g/mol. The molecule has 1 unspecified atom stereocenters. The summed E-state index contributed by atoms with van der Waals surface area (Å²) < 4.78 is 0. The first-order chi connectivity index (χ1) is 8.70. The topological polar surface area (TPSA) is 49.4 Å². The second kappa shape index (κ2) is 8.25. The Morgan fingerprint density at radius 3 is 2.44 bits per heavy atom. The minimum Gasteiger partial charge on any atom is -0.297 e. The molecule has 1 atom stereocenters. The van der Waals surface area contributed by atoms with E-state index >= 15 is 0 Å². The van der Waals surface area contributed by atoms with E-state index in [4.69, 9.17) is 0 Å². The first kappa shape index (κ1) is 15.2. The van der Waals surface area contributed by atoms with Gasteiger partial charge in [-0.3, -0.25) is 19.8 Å². The molecule has 0 radical (unpaired) electrons. The molecule has 1 heterocycles. The maximum absolute atomic E-state index is 12.0. The third-order valence-corrected chi connectivity index (χ3v) is 3.51. The number of imide groups is 1. The Morgan fingerprint density at radius 2 is 1.78 bits per heavy atom. The van der Waals surface area contributed by atoms with Crippen LogP contribution in [0, 0.1) is 0 Å². The second-order valence-electron chi connectivity index (χ2n) is 4.99. The molecule has 0 bridgehead atoms. The van der Waals surface area contributed by atoms with Crippen molar-refractivity contribution in [2.24, 2.45) is 0 Å². The highest BCUT2D eigenvalue weighted by molar-refractivity contribution is 6.01. The van der Waals surface area contributed by atoms with E-state index < -0.39 is 0 Å². The SMILES string of the molecule is CCCCCCCCN1C(=O)CNC(CC)C1=O. The van der Waals surface area contributed by atoms with Gasteiger partial charge >= 0.3 is 0 Å². The van der Waals surface area contributed by atoms with Gasteiger partial charge in [-0.1, -0.05) is 46.0 Å². The molecule has 0 aliphatic carbocycles. The molecule has 4 heteroatoms. The van der Waals surface area contributed by atoms with Crippen LogP contribution in [0.15, 0.2) is 0 Å². The molecule has 0 spiro atoms. The number of carbonyl (C=O) groups excluding carboxylic acids is 2. The summed E-state index contributed by atoms with van der Waals surface area (Å²) in [6, 6.07) is -0.164. The first-order valence-corrected chi connectivity index (χ1v) is 7.28. The predicted octanol–water partition coefficient (Wildman–Crippen LogP) is 2.08. The predicted molar refractivity (Wildman–Crippen MR) is 72.2 cm³/mol. The van der Waals surface area contributed by atoms with Crippen LogP contribution in [0.3, 0.4) is 0 Å². The van der Waals surface area contributed by atoms with Crippen LogP contribution in [-0.4, -0.2) is 35.8 Å². The molecular formula is C14H26N2O2. The van der Waals surface area contributed by atoms with Crippen molar-refractivity contribution in [3.8, 4) is 0 Å². The molecule has 1 N–H and O–H groups in total. The van der Waals surface area contributed by atoms with E-state index in [2.05, 4.69) is 12.2 Å². The highest BCUT2D eigenvalue weighted by Gasteiger charge is 2.31. The number of hydrogen-bond acceptors (Lipinski definition) is 3. The van der Waals surface area contributed by atoms with Gasteiger partial charge in [0.2, 0.25) is 11.8 Å². The summed E-state index contributed by atoms with van der Waals surface area (Å²) in [5.41, 5.74) is 0. The summed E-state index contributed by atoms with van der Waals surface area (Å²) in [6.07, 6.45) is 7.80. The lowest BCUT2D eigenvalue weighted by Crippen LogP contribution is -2.57. The van der Waals surface area contributed by atoms with E-state index in [0.717, 1.165) is 19.3 Å². The molecule has 1 saturated heterocycles. The van der Waals surface area contributed by atoms with Crippen molar-refractivity contribution in [1.82, 2.24) is 10.2 Å². The Bertz CT molecular complexity index is 279. The summed E-state index contributed by atoms with van der Waals surface area (Å²) in [7, 11) is 0. The second-order valence-corrected chi connectivity index (χ2v) is 4.99. The lowest BCUT2D eigenvalue weighted by Gasteiger charge is -2.31. The first-order valence-electron chi connectivity index (χ1n) is 7.28. The third kappa shape index (κ3) is 4.41. The van der Waals surface area contributed by atoms with Gasteiger partial charge in [-0.05, 0) is 12.8 Å². The van der Waals surface area contributed by atoms with Crippen molar-refractivity contribution in [2.45, 2.75) is 64.8 Å². The average Bonchev–Trinajstić information content (AvgIpc) is 2.37. The van der Waals surface area contributed by atoms with Crippen LogP contribution in [-0.2, 0) is 9.59 Å². The number of nitrogens with zero attached hydrogens (tertiary/aromatic N) is 1. The fourth-order valence-electron chi connectivity index (χ4n) is 2.31. The van der Waals surface area contributed by atoms with Gasteiger partial charge in [-0.25, -0.2) is 0 Å². The van der Waals surface area contributed by atoms with E-state index in [1.54, 1.807) is 0 Å². The molecule has 2 amide bonds. The van der Waals surface area contributed by atoms with Gasteiger partial charge < -0.3 is 0 Å². The highest BCUT2D eigenvalue weighted by atomic mass is 16.2. The van der Waals surface area contributed by atoms with Gasteiger partial charge in [0.05, 0.1) is 12.6 Å². The molecule has 1 fully saturated rings. The summed E-state index contributed by atoms with van der Waals surface area (Å²) >= 11 is 0. The molecule has 1 aliphatic rings. The molecule has 0 aromatic carbocycles. The van der Waals surface area contributed by atoms with Crippen molar-refractivity contribution in [3.05, 3.63) is 0 Å². The Balaban J connectivity index is 2.26. The van der Waals surface area contributed by atoms with E-state index in [0.29, 0.717) is 13.1 Å². The standard InChI is InChI=1S/C14H26N2O2/c1-3-5-6-7-8-9-10-16-13(17)11-15-12(4-2)14(16)18/h12,15H,3-11H2,1-2H3. The van der Waals surface area contributed by atoms with Gasteiger partial charge in [-0.15, -0.1) is 0 Å². The zero-order chi connectivity index (χ0) is 13.4. The van der Waals surface area contributed by atoms with E-state index in [1.165, 1.54) is 30.6 Å². The quantitative estimate of drug-likeness (QED) is 0.533. The molecular weight excluding hydrogens is 228 g/mol. The van der Waals surface area contributed by atoms with Crippen LogP contribution in [0.1, 0.15) is 58.8 Å². The van der Waals surface area contributed by atoms with Crippen LogP contribution in [0.4, 0.5) is 0 Å². The number of nitrogens with one attached hydrogen (secondary N) is 1. The molecule has 0 aromatic rings. The lowest BCUT2D eigenvalue weighted by atomic mass is 10.1. The maximum atomic E-state index is 12.0. The van der Waals surface area contributed by atoms with Crippen molar-refractivity contribution in [2.75, 3.05) is 13.1 Å². The molecule has 1 rings (SSSR count). The Morgan fingerprint density at radius 1 is 1.11 bits per heavy atom. The molecule has 4 nitrogen and oxygen atoms in total. The summed E-state index contributed by atoms with van der Waals surface area (Å²) in [4.78, 5) is 25.1. The van der Waals surface area contributed by atoms with Crippen LogP contribution in [0.5, 0.6) is 0 Å². The zero-order valence-electron chi connectivity index (χ0n) is 11.7. The molecule has 0 saturated carbocycles. The van der Waals surface area contributed by atoms with Gasteiger partial charge in [-0.2, -0.15) is 0 Å². The summed E-state index contributed by atoms with van der Waals surface area (Å²) in [5.74, 6) is -0.111. The van der Waals surface area contributed by atoms with E-state index in [9.17, 15) is 9.59 Å². The van der Waals surface area contributed by atoms with E-state index in [-0.39, 0.29) is 17.9 Å². The Labute approximate surface area is 110 Å². The van der Waals surface area contributed by atoms with E-state index in [1.807, 2.05) is 6.92 Å². The molecule has 1 aliphatic heterocycles. The minimum atomic E-state index is -0.164. The van der Waals surface area contributed by atoms with Crippen LogP contribution < -0.4 is 5.32 Å². The van der Waals surface area contributed by atoms with Gasteiger partial charge in [0.1, 0.15) is 0 Å². The Hall–Kier alpha value is -0.900. The van der Waals surface area contributed by atoms with Crippen molar-refractivity contribution < 1.29 is 9.59 Å². The van der Waals surface area contributed by atoms with Gasteiger partial charge in [0.25, 0.3) is 0 Å². The fourth-order valence-corrected chi connectivity index (χ4v) is 2.31. The van der Waals surface area contributed by atoms with Crippen LogP contribution >= 0.6 is 0 Å². The number of rotatable bonds is 8. The number of amides is 2. The van der Waals surface area contributed by atoms with Crippen LogP contribution in [0.25, 0.3) is 0 Å². The van der Waals surface area contributed by atoms with Crippen molar-refractivity contribution in [3.63, 3.8) is 0 Å². The lowest BCUT2D eigenvalue weighted by molar-refractivity contribution is -0.149. The number of piperazine rings is 1. The van der Waals surface area contributed by atoms with Gasteiger partial charge in [0.15, 0.2) is 0 Å². The number of carbonyl (C=O) groups is 2. The third-order valence-electron chi connectivity index (χ3n) is 3.51. The van der Waals surface area contributed by atoms with Gasteiger partial charge in [0, 0.05) is 6.54 Å². The van der Waals surface area contributed by atoms with Crippen LogP contribution in [0.2, 0.25) is 0 Å².